The fraction of sp³-hybridized carbons (Fsp3) is 0.0909. The van der Waals surface area contributed by atoms with Crippen molar-refractivity contribution in [3.05, 3.63) is 77.9 Å². The van der Waals surface area contributed by atoms with E-state index in [0.717, 1.165) is 28.3 Å². The van der Waals surface area contributed by atoms with Gasteiger partial charge in [0.1, 0.15) is 17.5 Å². The molecule has 148 valence electrons. The fourth-order valence-electron chi connectivity index (χ4n) is 2.91. The molecule has 2 heterocycles. The molecule has 0 aliphatic carbocycles. The number of nitriles is 1. The summed E-state index contributed by atoms with van der Waals surface area (Å²) >= 11 is 0. The summed E-state index contributed by atoms with van der Waals surface area (Å²) in [6, 6.07) is 19.4. The standard InChI is InChI=1S/C22H18N6O2/c1-15-25-20(12-23)22(30-15)26-24-13-17-14-28(18-6-4-3-5-7-18)27-21(17)16-8-10-19(29-2)11-9-16/h3-11,13-14,26H,1-2H3. The molecule has 30 heavy (non-hydrogen) atoms. The highest BCUT2D eigenvalue weighted by Gasteiger charge is 2.12. The molecule has 4 aromatic rings. The minimum Gasteiger partial charge on any atom is -0.497 e. The lowest BCUT2D eigenvalue weighted by atomic mass is 10.1. The van der Waals surface area contributed by atoms with Gasteiger partial charge in [0.2, 0.25) is 5.69 Å². The highest BCUT2D eigenvalue weighted by Crippen LogP contribution is 2.25. The number of benzene rings is 2. The second kappa shape index (κ2) is 8.32. The van der Waals surface area contributed by atoms with Crippen molar-refractivity contribution in [2.24, 2.45) is 5.10 Å². The van der Waals surface area contributed by atoms with Crippen molar-refractivity contribution in [2.75, 3.05) is 12.5 Å². The summed E-state index contributed by atoms with van der Waals surface area (Å²) in [5, 5.41) is 18.1. The van der Waals surface area contributed by atoms with Gasteiger partial charge in [-0.15, -0.1) is 0 Å². The number of oxazole rings is 1. The normalized spacial score (nSPS) is 10.8. The first kappa shape index (κ1) is 19.0. The van der Waals surface area contributed by atoms with Gasteiger partial charge in [0.25, 0.3) is 5.88 Å². The summed E-state index contributed by atoms with van der Waals surface area (Å²) in [4.78, 5) is 3.99. The average Bonchev–Trinajstić information content (AvgIpc) is 3.37. The molecule has 2 aromatic carbocycles. The molecule has 0 aliphatic rings. The molecule has 0 saturated heterocycles. The van der Waals surface area contributed by atoms with Crippen LogP contribution < -0.4 is 10.2 Å². The van der Waals surface area contributed by atoms with E-state index in [1.54, 1.807) is 24.9 Å². The van der Waals surface area contributed by atoms with E-state index < -0.39 is 0 Å². The van der Waals surface area contributed by atoms with Crippen molar-refractivity contribution in [1.82, 2.24) is 14.8 Å². The second-order valence-electron chi connectivity index (χ2n) is 6.33. The van der Waals surface area contributed by atoms with Crippen LogP contribution >= 0.6 is 0 Å². The van der Waals surface area contributed by atoms with Gasteiger partial charge < -0.3 is 9.15 Å². The third kappa shape index (κ3) is 3.91. The highest BCUT2D eigenvalue weighted by molar-refractivity contribution is 5.89. The molecular formula is C22H18N6O2. The largest absolute Gasteiger partial charge is 0.497 e. The Kier molecular flexibility index (Phi) is 5.26. The van der Waals surface area contributed by atoms with Crippen LogP contribution in [0, 0.1) is 18.3 Å². The van der Waals surface area contributed by atoms with Crippen LogP contribution in [0.1, 0.15) is 17.1 Å². The lowest BCUT2D eigenvalue weighted by molar-refractivity contribution is 0.415. The van der Waals surface area contributed by atoms with Gasteiger partial charge in [0.05, 0.1) is 19.0 Å². The van der Waals surface area contributed by atoms with Gasteiger partial charge in [-0.2, -0.15) is 15.5 Å². The van der Waals surface area contributed by atoms with Crippen LogP contribution in [0.5, 0.6) is 5.75 Å². The fourth-order valence-corrected chi connectivity index (χ4v) is 2.91. The molecule has 0 fully saturated rings. The lowest BCUT2D eigenvalue weighted by Crippen LogP contribution is -1.94. The monoisotopic (exact) mass is 398 g/mol. The number of aryl methyl sites for hydroxylation is 1. The van der Waals surface area contributed by atoms with Gasteiger partial charge in [-0.05, 0) is 36.4 Å². The van der Waals surface area contributed by atoms with E-state index in [-0.39, 0.29) is 11.6 Å². The molecule has 4 rings (SSSR count). The van der Waals surface area contributed by atoms with E-state index in [4.69, 9.17) is 19.5 Å². The van der Waals surface area contributed by atoms with E-state index in [9.17, 15) is 0 Å². The first-order valence-electron chi connectivity index (χ1n) is 9.14. The number of anilines is 1. The Morgan fingerprint density at radius 1 is 1.17 bits per heavy atom. The number of aromatic nitrogens is 3. The molecule has 0 amide bonds. The van der Waals surface area contributed by atoms with E-state index in [2.05, 4.69) is 15.5 Å². The van der Waals surface area contributed by atoms with Crippen LogP contribution in [-0.4, -0.2) is 28.1 Å². The van der Waals surface area contributed by atoms with Crippen LogP contribution in [0.3, 0.4) is 0 Å². The Bertz CT molecular complexity index is 1220. The Hall–Kier alpha value is -4.38. The predicted octanol–water partition coefficient (Wildman–Crippen LogP) is 4.16. The quantitative estimate of drug-likeness (QED) is 0.386. The van der Waals surface area contributed by atoms with Crippen LogP contribution in [0.2, 0.25) is 0 Å². The molecule has 0 spiro atoms. The van der Waals surface area contributed by atoms with E-state index in [1.165, 1.54) is 0 Å². The van der Waals surface area contributed by atoms with Crippen molar-refractivity contribution in [2.45, 2.75) is 6.92 Å². The van der Waals surface area contributed by atoms with Crippen LogP contribution in [0.25, 0.3) is 16.9 Å². The van der Waals surface area contributed by atoms with Crippen molar-refractivity contribution < 1.29 is 9.15 Å². The summed E-state index contributed by atoms with van der Waals surface area (Å²) in [6.07, 6.45) is 3.52. The third-order valence-electron chi connectivity index (χ3n) is 4.34. The predicted molar refractivity (Wildman–Crippen MR) is 113 cm³/mol. The summed E-state index contributed by atoms with van der Waals surface area (Å²) in [6.45, 7) is 1.67. The van der Waals surface area contributed by atoms with Gasteiger partial charge in [0, 0.05) is 24.2 Å². The van der Waals surface area contributed by atoms with Gasteiger partial charge in [-0.1, -0.05) is 18.2 Å². The average molecular weight is 398 g/mol. The van der Waals surface area contributed by atoms with Gasteiger partial charge in [0.15, 0.2) is 5.89 Å². The maximum atomic E-state index is 9.13. The van der Waals surface area contributed by atoms with Crippen molar-refractivity contribution in [3.8, 4) is 28.8 Å². The zero-order valence-electron chi connectivity index (χ0n) is 16.4. The first-order chi connectivity index (χ1) is 14.7. The molecule has 8 heteroatoms. The number of ether oxygens (including phenoxy) is 1. The van der Waals surface area contributed by atoms with Crippen molar-refractivity contribution in [3.63, 3.8) is 0 Å². The minimum absolute atomic E-state index is 0.153. The lowest BCUT2D eigenvalue weighted by Gasteiger charge is -2.02. The Labute approximate surface area is 173 Å². The molecule has 0 saturated carbocycles. The topological polar surface area (TPSA) is 101 Å². The SMILES string of the molecule is COc1ccc(-c2nn(-c3ccccc3)cc2C=NNc2oc(C)nc2C#N)cc1. The number of nitrogens with zero attached hydrogens (tertiary/aromatic N) is 5. The number of nitrogens with one attached hydrogen (secondary N) is 1. The summed E-state index contributed by atoms with van der Waals surface area (Å²) in [5.74, 6) is 1.36. The van der Waals surface area contributed by atoms with Gasteiger partial charge in [-0.25, -0.2) is 15.1 Å². The molecule has 8 nitrogen and oxygen atoms in total. The van der Waals surface area contributed by atoms with Crippen LogP contribution in [-0.2, 0) is 0 Å². The van der Waals surface area contributed by atoms with Crippen molar-refractivity contribution >= 4 is 12.1 Å². The number of hydrogen-bond donors (Lipinski definition) is 1. The van der Waals surface area contributed by atoms with E-state index >= 15 is 0 Å². The maximum Gasteiger partial charge on any atom is 0.252 e. The number of hydrazone groups is 1. The molecule has 0 aliphatic heterocycles. The van der Waals surface area contributed by atoms with Gasteiger partial charge in [-0.3, -0.25) is 0 Å². The number of para-hydroxylation sites is 1. The second-order valence-corrected chi connectivity index (χ2v) is 6.33. The molecule has 0 bridgehead atoms. The summed E-state index contributed by atoms with van der Waals surface area (Å²) < 4.78 is 12.4. The smallest absolute Gasteiger partial charge is 0.252 e. The minimum atomic E-state index is 0.153. The number of methoxy groups -OCH3 is 1. The zero-order chi connectivity index (χ0) is 20.9. The third-order valence-corrected chi connectivity index (χ3v) is 4.34. The zero-order valence-corrected chi connectivity index (χ0v) is 16.4. The molecule has 0 atom stereocenters. The summed E-state index contributed by atoms with van der Waals surface area (Å²) in [7, 11) is 1.63. The molecule has 0 unspecified atom stereocenters. The maximum absolute atomic E-state index is 9.13. The van der Waals surface area contributed by atoms with E-state index in [0.29, 0.717) is 5.89 Å². The van der Waals surface area contributed by atoms with Gasteiger partial charge >= 0.3 is 0 Å². The molecule has 1 N–H and O–H groups in total. The first-order valence-corrected chi connectivity index (χ1v) is 9.14. The van der Waals surface area contributed by atoms with E-state index in [1.807, 2.05) is 66.9 Å². The number of hydrogen-bond acceptors (Lipinski definition) is 7. The Morgan fingerprint density at radius 2 is 1.93 bits per heavy atom. The van der Waals surface area contributed by atoms with Crippen LogP contribution in [0.15, 0.2) is 70.3 Å². The molecular weight excluding hydrogens is 380 g/mol. The highest BCUT2D eigenvalue weighted by atomic mass is 16.5. The number of rotatable bonds is 6. The Morgan fingerprint density at radius 3 is 2.63 bits per heavy atom. The van der Waals surface area contributed by atoms with Crippen molar-refractivity contribution in [1.29, 1.82) is 5.26 Å². The molecule has 0 radical (unpaired) electrons. The van der Waals surface area contributed by atoms with Crippen LogP contribution in [0.4, 0.5) is 5.88 Å². The summed E-state index contributed by atoms with van der Waals surface area (Å²) in [5.41, 5.74) is 6.27. The Balaban J connectivity index is 1.69. The molecule has 2 aromatic heterocycles.